The van der Waals surface area contributed by atoms with Crippen LogP contribution in [0, 0.1) is 0 Å². The molecule has 0 aromatic rings. The highest BCUT2D eigenvalue weighted by molar-refractivity contribution is 6.18. The van der Waals surface area contributed by atoms with Gasteiger partial charge in [-0.15, -0.1) is 0 Å². The molecular formula is C14H20O3. The predicted molar refractivity (Wildman–Crippen MR) is 66.8 cm³/mol. The van der Waals surface area contributed by atoms with Crippen LogP contribution in [0.25, 0.3) is 0 Å². The first-order valence-corrected chi connectivity index (χ1v) is 6.35. The maximum absolute atomic E-state index is 11.5. The van der Waals surface area contributed by atoms with E-state index in [-0.39, 0.29) is 17.1 Å². The highest BCUT2D eigenvalue weighted by Gasteiger charge is 2.21. The third-order valence-corrected chi connectivity index (χ3v) is 2.98. The summed E-state index contributed by atoms with van der Waals surface area (Å²) < 4.78 is 0. The lowest BCUT2D eigenvalue weighted by atomic mass is 9.96. The van der Waals surface area contributed by atoms with Crippen molar-refractivity contribution in [1.29, 1.82) is 0 Å². The van der Waals surface area contributed by atoms with Gasteiger partial charge in [0, 0.05) is 5.57 Å². The van der Waals surface area contributed by atoms with Gasteiger partial charge < -0.3 is 5.11 Å². The highest BCUT2D eigenvalue weighted by Crippen LogP contribution is 2.19. The topological polar surface area (TPSA) is 54.4 Å². The van der Waals surface area contributed by atoms with E-state index in [0.717, 1.165) is 25.3 Å². The van der Waals surface area contributed by atoms with Gasteiger partial charge in [-0.3, -0.25) is 9.59 Å². The zero-order valence-corrected chi connectivity index (χ0v) is 10.4. The number of hydrogen-bond donors (Lipinski definition) is 1. The Labute approximate surface area is 102 Å². The van der Waals surface area contributed by atoms with Gasteiger partial charge in [-0.05, 0) is 25.0 Å². The van der Waals surface area contributed by atoms with Gasteiger partial charge in [0.15, 0.2) is 11.5 Å². The molecule has 0 saturated heterocycles. The van der Waals surface area contributed by atoms with Gasteiger partial charge in [0.1, 0.15) is 0 Å². The van der Waals surface area contributed by atoms with Gasteiger partial charge >= 0.3 is 0 Å². The first kappa shape index (κ1) is 13.7. The van der Waals surface area contributed by atoms with E-state index in [0.29, 0.717) is 6.42 Å². The van der Waals surface area contributed by atoms with Crippen molar-refractivity contribution in [3.63, 3.8) is 0 Å². The number of allylic oxidation sites excluding steroid dienone is 3. The van der Waals surface area contributed by atoms with E-state index >= 15 is 0 Å². The summed E-state index contributed by atoms with van der Waals surface area (Å²) in [5, 5.41) is 9.51. The average molecular weight is 236 g/mol. The maximum atomic E-state index is 11.5. The molecule has 94 valence electrons. The van der Waals surface area contributed by atoms with Crippen LogP contribution >= 0.6 is 0 Å². The highest BCUT2D eigenvalue weighted by atomic mass is 16.3. The van der Waals surface area contributed by atoms with Crippen molar-refractivity contribution in [3.05, 3.63) is 23.5 Å². The molecule has 1 rings (SSSR count). The summed E-state index contributed by atoms with van der Waals surface area (Å²) in [5.41, 5.74) is 0.285. The molecule has 3 heteroatoms. The predicted octanol–water partition coefficient (Wildman–Crippen LogP) is 3.26. The standard InChI is InChI=1S/C14H20O3/c1-2-3-4-5-6-7-8-11-12(15)9-10-13(16)14(11)17/h9-10,17H,2-8H2,1H3. The smallest absolute Gasteiger partial charge is 0.220 e. The molecule has 0 bridgehead atoms. The van der Waals surface area contributed by atoms with Crippen molar-refractivity contribution in [2.24, 2.45) is 0 Å². The Hall–Kier alpha value is -1.38. The number of ketones is 2. The van der Waals surface area contributed by atoms with E-state index in [1.807, 2.05) is 0 Å². The second-order valence-electron chi connectivity index (χ2n) is 4.41. The average Bonchev–Trinajstić information content (AvgIpc) is 2.32. The Balaban J connectivity index is 2.33. The number of aliphatic hydroxyl groups excluding tert-OH is 1. The quantitative estimate of drug-likeness (QED) is 0.545. The van der Waals surface area contributed by atoms with Crippen molar-refractivity contribution >= 4 is 11.6 Å². The number of carbonyl (C=O) groups excluding carboxylic acids is 2. The van der Waals surface area contributed by atoms with E-state index in [2.05, 4.69) is 6.92 Å². The van der Waals surface area contributed by atoms with Crippen LogP contribution < -0.4 is 0 Å². The summed E-state index contributed by atoms with van der Waals surface area (Å²) >= 11 is 0. The molecule has 0 aliphatic heterocycles. The third-order valence-electron chi connectivity index (χ3n) is 2.98. The lowest BCUT2D eigenvalue weighted by Crippen LogP contribution is -2.14. The second kappa shape index (κ2) is 7.05. The first-order valence-electron chi connectivity index (χ1n) is 6.35. The van der Waals surface area contributed by atoms with Gasteiger partial charge in [0.05, 0.1) is 0 Å². The van der Waals surface area contributed by atoms with Crippen LogP contribution in [0.15, 0.2) is 23.5 Å². The van der Waals surface area contributed by atoms with Crippen LogP contribution in [0.2, 0.25) is 0 Å². The summed E-state index contributed by atoms with van der Waals surface area (Å²) in [7, 11) is 0. The number of carbonyl (C=O) groups is 2. The van der Waals surface area contributed by atoms with Gasteiger partial charge in [-0.1, -0.05) is 39.0 Å². The maximum Gasteiger partial charge on any atom is 0.220 e. The van der Waals surface area contributed by atoms with E-state index in [9.17, 15) is 14.7 Å². The van der Waals surface area contributed by atoms with Gasteiger partial charge in [-0.2, -0.15) is 0 Å². The summed E-state index contributed by atoms with van der Waals surface area (Å²) in [6.45, 7) is 2.17. The number of aliphatic hydroxyl groups is 1. The van der Waals surface area contributed by atoms with Crippen LogP contribution in [-0.4, -0.2) is 16.7 Å². The molecule has 17 heavy (non-hydrogen) atoms. The summed E-state index contributed by atoms with van der Waals surface area (Å²) in [6.07, 6.45) is 9.60. The second-order valence-corrected chi connectivity index (χ2v) is 4.41. The van der Waals surface area contributed by atoms with Crippen LogP contribution in [0.4, 0.5) is 0 Å². The summed E-state index contributed by atoms with van der Waals surface area (Å²) in [4.78, 5) is 22.6. The monoisotopic (exact) mass is 236 g/mol. The van der Waals surface area contributed by atoms with E-state index in [1.54, 1.807) is 0 Å². The van der Waals surface area contributed by atoms with Crippen molar-refractivity contribution in [2.75, 3.05) is 0 Å². The zero-order valence-electron chi connectivity index (χ0n) is 10.4. The molecule has 0 amide bonds. The largest absolute Gasteiger partial charge is 0.504 e. The fourth-order valence-corrected chi connectivity index (χ4v) is 1.92. The Morgan fingerprint density at radius 3 is 2.24 bits per heavy atom. The minimum Gasteiger partial charge on any atom is -0.504 e. The molecule has 0 spiro atoms. The molecule has 0 saturated carbocycles. The molecule has 0 fully saturated rings. The molecule has 0 radical (unpaired) electrons. The number of rotatable bonds is 7. The molecule has 0 aromatic carbocycles. The lowest BCUT2D eigenvalue weighted by molar-refractivity contribution is -0.117. The van der Waals surface area contributed by atoms with E-state index < -0.39 is 5.78 Å². The minimum absolute atomic E-state index is 0.226. The fourth-order valence-electron chi connectivity index (χ4n) is 1.92. The Morgan fingerprint density at radius 1 is 0.941 bits per heavy atom. The summed E-state index contributed by atoms with van der Waals surface area (Å²) in [5.74, 6) is -1.03. The number of unbranched alkanes of at least 4 members (excludes halogenated alkanes) is 5. The van der Waals surface area contributed by atoms with E-state index in [4.69, 9.17) is 0 Å². The lowest BCUT2D eigenvalue weighted by Gasteiger charge is -2.09. The Bertz CT molecular complexity index is 350. The molecule has 1 N–H and O–H groups in total. The van der Waals surface area contributed by atoms with Crippen molar-refractivity contribution < 1.29 is 14.7 Å². The van der Waals surface area contributed by atoms with Crippen molar-refractivity contribution in [1.82, 2.24) is 0 Å². The van der Waals surface area contributed by atoms with Crippen LogP contribution in [-0.2, 0) is 9.59 Å². The van der Waals surface area contributed by atoms with Crippen LogP contribution in [0.1, 0.15) is 51.9 Å². The molecule has 0 atom stereocenters. The van der Waals surface area contributed by atoms with Crippen LogP contribution in [0.3, 0.4) is 0 Å². The van der Waals surface area contributed by atoms with Gasteiger partial charge in [-0.25, -0.2) is 0 Å². The fraction of sp³-hybridized carbons (Fsp3) is 0.571. The zero-order chi connectivity index (χ0) is 12.7. The third kappa shape index (κ3) is 4.17. The molecule has 0 unspecified atom stereocenters. The minimum atomic E-state index is -0.453. The SMILES string of the molecule is CCCCCCCCC1=C(O)C(=O)C=CC1=O. The normalized spacial score (nSPS) is 15.8. The van der Waals surface area contributed by atoms with Crippen molar-refractivity contribution in [3.8, 4) is 0 Å². The van der Waals surface area contributed by atoms with Crippen LogP contribution in [0.5, 0.6) is 0 Å². The van der Waals surface area contributed by atoms with Gasteiger partial charge in [0.25, 0.3) is 0 Å². The molecule has 0 heterocycles. The van der Waals surface area contributed by atoms with E-state index in [1.165, 1.54) is 25.3 Å². The molecule has 1 aliphatic rings. The molecular weight excluding hydrogens is 216 g/mol. The van der Waals surface area contributed by atoms with Crippen molar-refractivity contribution in [2.45, 2.75) is 51.9 Å². The number of hydrogen-bond acceptors (Lipinski definition) is 3. The molecule has 3 nitrogen and oxygen atoms in total. The summed E-state index contributed by atoms with van der Waals surface area (Å²) in [6, 6.07) is 0. The molecule has 0 aromatic heterocycles. The first-order chi connectivity index (χ1) is 8.16. The Kier molecular flexibility index (Phi) is 5.67. The Morgan fingerprint density at radius 2 is 1.53 bits per heavy atom. The van der Waals surface area contributed by atoms with Gasteiger partial charge in [0.2, 0.25) is 5.78 Å². The molecule has 1 aliphatic carbocycles.